The van der Waals surface area contributed by atoms with Gasteiger partial charge in [0, 0.05) is 24.0 Å². The fourth-order valence-corrected chi connectivity index (χ4v) is 1.38. The quantitative estimate of drug-likeness (QED) is 0.674. The third-order valence-electron chi connectivity index (χ3n) is 1.76. The summed E-state index contributed by atoms with van der Waals surface area (Å²) in [6.07, 6.45) is 3.00. The Hall–Kier alpha value is -1.48. The minimum Gasteiger partial charge on any atom is -0.255 e. The van der Waals surface area contributed by atoms with Crippen LogP contribution in [0.1, 0.15) is 0 Å². The second-order valence-electron chi connectivity index (χ2n) is 2.70. The van der Waals surface area contributed by atoms with E-state index in [1.54, 1.807) is 24.4 Å². The molecule has 2 nitrogen and oxygen atoms in total. The van der Waals surface area contributed by atoms with E-state index in [4.69, 9.17) is 11.6 Å². The van der Waals surface area contributed by atoms with Crippen LogP contribution in [-0.2, 0) is 0 Å². The standard InChI is InChI=1S/C10H6ClFN2/c11-8-2-1-4-14-10(8)7-3-5-13-9(12)6-7/h1-6H. The van der Waals surface area contributed by atoms with Gasteiger partial charge in [-0.1, -0.05) is 11.6 Å². The van der Waals surface area contributed by atoms with E-state index in [1.165, 1.54) is 12.3 Å². The molecule has 0 aromatic carbocycles. The molecule has 0 bridgehead atoms. The lowest BCUT2D eigenvalue weighted by atomic mass is 10.2. The van der Waals surface area contributed by atoms with Gasteiger partial charge in [-0.3, -0.25) is 4.98 Å². The third-order valence-corrected chi connectivity index (χ3v) is 2.06. The minimum absolute atomic E-state index is 0.498. The Morgan fingerprint density at radius 3 is 2.71 bits per heavy atom. The zero-order valence-electron chi connectivity index (χ0n) is 7.11. The molecular weight excluding hydrogens is 203 g/mol. The molecule has 0 aliphatic heterocycles. The Morgan fingerprint density at radius 1 is 1.14 bits per heavy atom. The molecule has 0 radical (unpaired) electrons. The summed E-state index contributed by atoms with van der Waals surface area (Å²) in [6.45, 7) is 0. The summed E-state index contributed by atoms with van der Waals surface area (Å²) in [5, 5.41) is 0.498. The van der Waals surface area contributed by atoms with E-state index in [0.29, 0.717) is 16.3 Å². The van der Waals surface area contributed by atoms with Gasteiger partial charge in [-0.15, -0.1) is 0 Å². The highest BCUT2D eigenvalue weighted by atomic mass is 35.5. The highest BCUT2D eigenvalue weighted by Gasteiger charge is 2.04. The Bertz CT molecular complexity index is 459. The predicted octanol–water partition coefficient (Wildman–Crippen LogP) is 2.94. The van der Waals surface area contributed by atoms with Crippen LogP contribution in [0.2, 0.25) is 5.02 Å². The first kappa shape index (κ1) is 9.09. The lowest BCUT2D eigenvalue weighted by molar-refractivity contribution is 0.584. The van der Waals surface area contributed by atoms with E-state index in [-0.39, 0.29) is 0 Å². The second kappa shape index (κ2) is 3.72. The first-order chi connectivity index (χ1) is 6.77. The first-order valence-corrected chi connectivity index (χ1v) is 4.37. The van der Waals surface area contributed by atoms with Crippen LogP contribution in [0.4, 0.5) is 4.39 Å². The molecule has 0 unspecified atom stereocenters. The van der Waals surface area contributed by atoms with Gasteiger partial charge in [0.2, 0.25) is 5.95 Å². The number of pyridine rings is 2. The van der Waals surface area contributed by atoms with Crippen molar-refractivity contribution in [2.45, 2.75) is 0 Å². The summed E-state index contributed by atoms with van der Waals surface area (Å²) in [7, 11) is 0. The van der Waals surface area contributed by atoms with Gasteiger partial charge in [0.1, 0.15) is 0 Å². The number of rotatable bonds is 1. The molecule has 0 atom stereocenters. The van der Waals surface area contributed by atoms with Gasteiger partial charge in [0.25, 0.3) is 0 Å². The van der Waals surface area contributed by atoms with E-state index >= 15 is 0 Å². The molecule has 0 saturated heterocycles. The predicted molar refractivity (Wildman–Crippen MR) is 52.4 cm³/mol. The number of hydrogen-bond acceptors (Lipinski definition) is 2. The molecule has 14 heavy (non-hydrogen) atoms. The number of nitrogens with zero attached hydrogens (tertiary/aromatic N) is 2. The van der Waals surface area contributed by atoms with Gasteiger partial charge in [-0.25, -0.2) is 4.98 Å². The smallest absolute Gasteiger partial charge is 0.213 e. The van der Waals surface area contributed by atoms with E-state index in [9.17, 15) is 4.39 Å². The maximum absolute atomic E-state index is 12.8. The van der Waals surface area contributed by atoms with Crippen LogP contribution in [0.5, 0.6) is 0 Å². The molecule has 2 heterocycles. The Kier molecular flexibility index (Phi) is 2.41. The first-order valence-electron chi connectivity index (χ1n) is 4.00. The van der Waals surface area contributed by atoms with Gasteiger partial charge >= 0.3 is 0 Å². The SMILES string of the molecule is Fc1cc(-c2ncccc2Cl)ccn1. The van der Waals surface area contributed by atoms with Crippen LogP contribution >= 0.6 is 11.6 Å². The summed E-state index contributed by atoms with van der Waals surface area (Å²) in [6, 6.07) is 6.40. The molecule has 0 spiro atoms. The molecule has 0 saturated carbocycles. The molecule has 0 fully saturated rings. The van der Waals surface area contributed by atoms with Crippen molar-refractivity contribution in [2.75, 3.05) is 0 Å². The van der Waals surface area contributed by atoms with Crippen LogP contribution in [0, 0.1) is 5.95 Å². The second-order valence-corrected chi connectivity index (χ2v) is 3.11. The van der Waals surface area contributed by atoms with Crippen LogP contribution in [0.3, 0.4) is 0 Å². The summed E-state index contributed by atoms with van der Waals surface area (Å²) >= 11 is 5.91. The van der Waals surface area contributed by atoms with Gasteiger partial charge in [-0.2, -0.15) is 4.39 Å². The summed E-state index contributed by atoms with van der Waals surface area (Å²) < 4.78 is 12.8. The van der Waals surface area contributed by atoms with Gasteiger partial charge < -0.3 is 0 Å². The fraction of sp³-hybridized carbons (Fsp3) is 0. The fourth-order valence-electron chi connectivity index (χ4n) is 1.15. The molecule has 70 valence electrons. The number of aromatic nitrogens is 2. The van der Waals surface area contributed by atoms with Gasteiger partial charge in [-0.05, 0) is 18.2 Å². The van der Waals surface area contributed by atoms with E-state index < -0.39 is 5.95 Å². The molecule has 0 N–H and O–H groups in total. The highest BCUT2D eigenvalue weighted by molar-refractivity contribution is 6.32. The monoisotopic (exact) mass is 208 g/mol. The molecule has 0 aliphatic rings. The normalized spacial score (nSPS) is 10.1. The topological polar surface area (TPSA) is 25.8 Å². The largest absolute Gasteiger partial charge is 0.255 e. The summed E-state index contributed by atoms with van der Waals surface area (Å²) in [4.78, 5) is 7.52. The minimum atomic E-state index is -0.538. The maximum Gasteiger partial charge on any atom is 0.213 e. The summed E-state index contributed by atoms with van der Waals surface area (Å²) in [5.74, 6) is -0.538. The lowest BCUT2D eigenvalue weighted by Gasteiger charge is -2.01. The Labute approximate surface area is 85.4 Å². The van der Waals surface area contributed by atoms with Crippen molar-refractivity contribution in [1.82, 2.24) is 9.97 Å². The van der Waals surface area contributed by atoms with Crippen molar-refractivity contribution in [3.8, 4) is 11.3 Å². The van der Waals surface area contributed by atoms with Crippen molar-refractivity contribution in [3.05, 3.63) is 47.6 Å². The number of hydrogen-bond donors (Lipinski definition) is 0. The van der Waals surface area contributed by atoms with Crippen molar-refractivity contribution < 1.29 is 4.39 Å². The average Bonchev–Trinajstić information content (AvgIpc) is 2.18. The van der Waals surface area contributed by atoms with Crippen molar-refractivity contribution in [2.24, 2.45) is 0 Å². The van der Waals surface area contributed by atoms with Crippen LogP contribution in [0.25, 0.3) is 11.3 Å². The number of halogens is 2. The van der Waals surface area contributed by atoms with E-state index in [0.717, 1.165) is 0 Å². The van der Waals surface area contributed by atoms with Gasteiger partial charge in [0.15, 0.2) is 0 Å². The maximum atomic E-state index is 12.8. The van der Waals surface area contributed by atoms with Crippen LogP contribution in [0.15, 0.2) is 36.7 Å². The Morgan fingerprint density at radius 2 is 2.00 bits per heavy atom. The van der Waals surface area contributed by atoms with Crippen LogP contribution < -0.4 is 0 Å². The van der Waals surface area contributed by atoms with E-state index in [1.807, 2.05) is 0 Å². The van der Waals surface area contributed by atoms with Crippen LogP contribution in [-0.4, -0.2) is 9.97 Å². The highest BCUT2D eigenvalue weighted by Crippen LogP contribution is 2.24. The molecule has 4 heteroatoms. The average molecular weight is 209 g/mol. The zero-order chi connectivity index (χ0) is 9.97. The molecule has 0 amide bonds. The van der Waals surface area contributed by atoms with Crippen molar-refractivity contribution in [1.29, 1.82) is 0 Å². The molecule has 2 rings (SSSR count). The van der Waals surface area contributed by atoms with Crippen molar-refractivity contribution >= 4 is 11.6 Å². The third kappa shape index (κ3) is 1.72. The Balaban J connectivity index is 2.55. The van der Waals surface area contributed by atoms with Gasteiger partial charge in [0.05, 0.1) is 10.7 Å². The molecule has 2 aromatic rings. The lowest BCUT2D eigenvalue weighted by Crippen LogP contribution is -1.87. The van der Waals surface area contributed by atoms with E-state index in [2.05, 4.69) is 9.97 Å². The summed E-state index contributed by atoms with van der Waals surface area (Å²) in [5.41, 5.74) is 1.19. The molecule has 0 aliphatic carbocycles. The van der Waals surface area contributed by atoms with Crippen molar-refractivity contribution in [3.63, 3.8) is 0 Å². The molecule has 2 aromatic heterocycles. The zero-order valence-corrected chi connectivity index (χ0v) is 7.87. The molecular formula is C10H6ClFN2.